The molecule has 0 radical (unpaired) electrons. The summed E-state index contributed by atoms with van der Waals surface area (Å²) in [7, 11) is 0. The van der Waals surface area contributed by atoms with Crippen LogP contribution in [-0.4, -0.2) is 58.8 Å². The van der Waals surface area contributed by atoms with Crippen molar-refractivity contribution in [1.29, 1.82) is 0 Å². The fraction of sp³-hybridized carbons (Fsp3) is 0.280. The summed E-state index contributed by atoms with van der Waals surface area (Å²) in [4.78, 5) is 44.9. The van der Waals surface area contributed by atoms with E-state index in [0.29, 0.717) is 23.6 Å². The van der Waals surface area contributed by atoms with Gasteiger partial charge in [-0.1, -0.05) is 29.8 Å². The first kappa shape index (κ1) is 21.6. The third-order valence-corrected chi connectivity index (χ3v) is 6.47. The summed E-state index contributed by atoms with van der Waals surface area (Å²) in [6.07, 6.45) is 2.32. The van der Waals surface area contributed by atoms with E-state index in [0.717, 1.165) is 16.5 Å². The normalized spacial score (nSPS) is 20.6. The summed E-state index contributed by atoms with van der Waals surface area (Å²) < 4.78 is 5.52. The number of pyridine rings is 1. The van der Waals surface area contributed by atoms with Crippen LogP contribution in [0, 0.1) is 0 Å². The van der Waals surface area contributed by atoms with Crippen molar-refractivity contribution < 1.29 is 19.1 Å². The molecule has 3 aromatic rings. The molecule has 3 unspecified atom stereocenters. The van der Waals surface area contributed by atoms with E-state index in [9.17, 15) is 14.4 Å². The minimum absolute atomic E-state index is 0.0262. The summed E-state index contributed by atoms with van der Waals surface area (Å²) in [5.41, 5.74) is 2.07. The van der Waals surface area contributed by atoms with E-state index in [1.54, 1.807) is 47.5 Å². The highest BCUT2D eigenvalue weighted by Gasteiger charge is 2.48. The van der Waals surface area contributed by atoms with Gasteiger partial charge in [0.25, 0.3) is 5.91 Å². The number of aromatic nitrogens is 1. The molecule has 2 fully saturated rings. The van der Waals surface area contributed by atoms with E-state index >= 15 is 0 Å². The van der Waals surface area contributed by atoms with Gasteiger partial charge >= 0.3 is 0 Å². The Morgan fingerprint density at radius 1 is 1.18 bits per heavy atom. The van der Waals surface area contributed by atoms with Gasteiger partial charge in [0, 0.05) is 35.1 Å². The number of halogens is 1. The van der Waals surface area contributed by atoms with Crippen LogP contribution in [0.25, 0.3) is 10.9 Å². The molecule has 8 heteroatoms. The van der Waals surface area contributed by atoms with E-state index in [2.05, 4.69) is 10.3 Å². The van der Waals surface area contributed by atoms with Crippen molar-refractivity contribution in [2.24, 2.45) is 0 Å². The van der Waals surface area contributed by atoms with E-state index in [4.69, 9.17) is 16.3 Å². The van der Waals surface area contributed by atoms with Crippen molar-refractivity contribution >= 4 is 40.1 Å². The van der Waals surface area contributed by atoms with Crippen LogP contribution in [0.1, 0.15) is 22.3 Å². The molecule has 3 atom stereocenters. The quantitative estimate of drug-likeness (QED) is 0.628. The Morgan fingerprint density at radius 3 is 2.82 bits per heavy atom. The zero-order valence-corrected chi connectivity index (χ0v) is 18.5. The maximum Gasteiger partial charge on any atom is 0.251 e. The number of fused-ring (bicyclic) bond motifs is 2. The molecule has 1 aromatic heterocycles. The monoisotopic (exact) mass is 463 g/mol. The SMILES string of the molecule is O=C(NC(Cc1ccc(Cl)cc1)C(=O)N1CCC2OCC(=O)C21)c1ccc2ncccc2c1. The molecule has 3 heterocycles. The number of nitrogens with one attached hydrogen (secondary N) is 1. The Balaban J connectivity index is 1.41. The number of hydrogen-bond donors (Lipinski definition) is 1. The summed E-state index contributed by atoms with van der Waals surface area (Å²) >= 11 is 6.00. The number of benzene rings is 2. The van der Waals surface area contributed by atoms with Gasteiger partial charge in [0.15, 0.2) is 5.78 Å². The smallest absolute Gasteiger partial charge is 0.251 e. The molecule has 7 nitrogen and oxygen atoms in total. The highest BCUT2D eigenvalue weighted by Crippen LogP contribution is 2.28. The Morgan fingerprint density at radius 2 is 2.00 bits per heavy atom. The summed E-state index contributed by atoms with van der Waals surface area (Å²) in [6.45, 7) is 0.451. The number of Topliss-reactive ketones (excluding diaryl/α,β-unsaturated/α-hetero) is 1. The molecule has 0 bridgehead atoms. The number of hydrogen-bond acceptors (Lipinski definition) is 5. The van der Waals surface area contributed by atoms with Crippen molar-refractivity contribution in [2.45, 2.75) is 31.0 Å². The zero-order chi connectivity index (χ0) is 22.9. The lowest BCUT2D eigenvalue weighted by atomic mass is 10.0. The molecule has 2 aliphatic rings. The van der Waals surface area contributed by atoms with E-state index in [1.807, 2.05) is 18.2 Å². The molecule has 0 spiro atoms. The lowest BCUT2D eigenvalue weighted by Crippen LogP contribution is -2.53. The number of rotatable bonds is 5. The van der Waals surface area contributed by atoms with Gasteiger partial charge in [0.05, 0.1) is 11.6 Å². The van der Waals surface area contributed by atoms with Gasteiger partial charge in [0.2, 0.25) is 5.91 Å². The van der Waals surface area contributed by atoms with Crippen LogP contribution in [0.15, 0.2) is 60.8 Å². The standard InChI is InChI=1S/C25H22ClN3O4/c26-18-6-3-15(4-7-18)12-20(25(32)29-11-9-22-23(29)21(30)14-33-22)28-24(31)17-5-8-19-16(13-17)2-1-10-27-19/h1-8,10,13,20,22-23H,9,11-12,14H2,(H,28,31). The van der Waals surface area contributed by atoms with Gasteiger partial charge in [0.1, 0.15) is 18.7 Å². The molecule has 2 aromatic carbocycles. The van der Waals surface area contributed by atoms with Crippen molar-refractivity contribution in [1.82, 2.24) is 15.2 Å². The van der Waals surface area contributed by atoms with Gasteiger partial charge in [-0.05, 0) is 48.4 Å². The first-order valence-corrected chi connectivity index (χ1v) is 11.2. The minimum atomic E-state index is -0.838. The first-order chi connectivity index (χ1) is 16.0. The lowest BCUT2D eigenvalue weighted by molar-refractivity contribution is -0.138. The highest BCUT2D eigenvalue weighted by molar-refractivity contribution is 6.30. The highest BCUT2D eigenvalue weighted by atomic mass is 35.5. The average molecular weight is 464 g/mol. The number of likely N-dealkylation sites (tertiary alicyclic amines) is 1. The number of carbonyl (C=O) groups excluding carboxylic acids is 3. The maximum atomic E-state index is 13.6. The molecule has 2 amide bonds. The number of ether oxygens (including phenoxy) is 1. The molecular formula is C25H22ClN3O4. The Hall–Kier alpha value is -3.29. The minimum Gasteiger partial charge on any atom is -0.368 e. The van der Waals surface area contributed by atoms with Crippen molar-refractivity contribution in [3.8, 4) is 0 Å². The molecule has 2 aliphatic heterocycles. The lowest BCUT2D eigenvalue weighted by Gasteiger charge is -2.27. The first-order valence-electron chi connectivity index (χ1n) is 10.8. The third kappa shape index (κ3) is 4.34. The Labute approximate surface area is 195 Å². The van der Waals surface area contributed by atoms with Crippen molar-refractivity contribution in [3.05, 3.63) is 76.9 Å². The number of ketones is 1. The van der Waals surface area contributed by atoms with Crippen LogP contribution >= 0.6 is 11.6 Å². The summed E-state index contributed by atoms with van der Waals surface area (Å²) in [6, 6.07) is 14.6. The van der Waals surface area contributed by atoms with Gasteiger partial charge < -0.3 is 15.0 Å². The fourth-order valence-corrected chi connectivity index (χ4v) is 4.68. The predicted octanol–water partition coefficient (Wildman–Crippen LogP) is 2.80. The largest absolute Gasteiger partial charge is 0.368 e. The van der Waals surface area contributed by atoms with Crippen molar-refractivity contribution in [3.63, 3.8) is 0 Å². The molecule has 1 N–H and O–H groups in total. The molecule has 2 saturated heterocycles. The molecule has 168 valence electrons. The van der Waals surface area contributed by atoms with Crippen LogP contribution in [-0.2, 0) is 20.7 Å². The van der Waals surface area contributed by atoms with E-state index in [1.165, 1.54) is 0 Å². The predicted molar refractivity (Wildman–Crippen MR) is 123 cm³/mol. The van der Waals surface area contributed by atoms with E-state index in [-0.39, 0.29) is 36.7 Å². The molecule has 0 aliphatic carbocycles. The Kier molecular flexibility index (Phi) is 5.83. The third-order valence-electron chi connectivity index (χ3n) is 6.22. The molecular weight excluding hydrogens is 442 g/mol. The summed E-state index contributed by atoms with van der Waals surface area (Å²) in [5, 5.41) is 4.32. The van der Waals surface area contributed by atoms with Crippen LogP contribution in [0.5, 0.6) is 0 Å². The van der Waals surface area contributed by atoms with Gasteiger partial charge in [-0.15, -0.1) is 0 Å². The van der Waals surface area contributed by atoms with Gasteiger partial charge in [-0.3, -0.25) is 19.4 Å². The average Bonchev–Trinajstić information content (AvgIpc) is 3.42. The second kappa shape index (κ2) is 8.92. The maximum absolute atomic E-state index is 13.6. The Bertz CT molecular complexity index is 1230. The number of nitrogens with zero attached hydrogens (tertiary/aromatic N) is 2. The zero-order valence-electron chi connectivity index (χ0n) is 17.7. The van der Waals surface area contributed by atoms with Crippen molar-refractivity contribution in [2.75, 3.05) is 13.2 Å². The van der Waals surface area contributed by atoms with Crippen LogP contribution < -0.4 is 5.32 Å². The van der Waals surface area contributed by atoms with Crippen LogP contribution in [0.4, 0.5) is 0 Å². The summed E-state index contributed by atoms with van der Waals surface area (Å²) in [5.74, 6) is -0.741. The molecule has 0 saturated carbocycles. The van der Waals surface area contributed by atoms with E-state index < -0.39 is 12.1 Å². The topological polar surface area (TPSA) is 88.6 Å². The number of amides is 2. The van der Waals surface area contributed by atoms with Crippen LogP contribution in [0.2, 0.25) is 5.02 Å². The van der Waals surface area contributed by atoms with Gasteiger partial charge in [-0.25, -0.2) is 0 Å². The molecule has 33 heavy (non-hydrogen) atoms. The number of carbonyl (C=O) groups is 3. The second-order valence-corrected chi connectivity index (χ2v) is 8.78. The fourth-order valence-electron chi connectivity index (χ4n) is 4.56. The van der Waals surface area contributed by atoms with Gasteiger partial charge in [-0.2, -0.15) is 0 Å². The molecule has 5 rings (SSSR count). The van der Waals surface area contributed by atoms with Crippen LogP contribution in [0.3, 0.4) is 0 Å². The second-order valence-electron chi connectivity index (χ2n) is 8.35.